The van der Waals surface area contributed by atoms with Crippen LogP contribution in [-0.2, 0) is 0 Å². The van der Waals surface area contributed by atoms with E-state index in [0.29, 0.717) is 11.6 Å². The second-order valence-electron chi connectivity index (χ2n) is 3.41. The molecule has 0 amide bonds. The van der Waals surface area contributed by atoms with Gasteiger partial charge in [0.15, 0.2) is 0 Å². The van der Waals surface area contributed by atoms with Crippen LogP contribution in [0.5, 0.6) is 5.75 Å². The lowest BCUT2D eigenvalue weighted by Crippen LogP contribution is -2.09. The molecule has 1 aliphatic rings. The zero-order valence-corrected chi connectivity index (χ0v) is 8.36. The average molecular weight is 208 g/mol. The first-order chi connectivity index (χ1) is 7.22. The summed E-state index contributed by atoms with van der Waals surface area (Å²) >= 11 is 0. The number of hydrogen-bond acceptors (Lipinski definition) is 4. The lowest BCUT2D eigenvalue weighted by molar-refractivity contribution is 0.0692. The van der Waals surface area contributed by atoms with E-state index in [1.165, 1.54) is 6.20 Å². The lowest BCUT2D eigenvalue weighted by Gasteiger charge is -2.10. The van der Waals surface area contributed by atoms with Crippen molar-refractivity contribution >= 4 is 11.8 Å². The van der Waals surface area contributed by atoms with Crippen LogP contribution in [0.15, 0.2) is 12.3 Å². The first kappa shape index (κ1) is 9.76. The van der Waals surface area contributed by atoms with Crippen LogP contribution in [0.1, 0.15) is 23.2 Å². The molecule has 2 rings (SSSR count). The number of nitrogens with zero attached hydrogens (tertiary/aromatic N) is 1. The van der Waals surface area contributed by atoms with Gasteiger partial charge in [0.1, 0.15) is 17.1 Å². The smallest absolute Gasteiger partial charge is 0.343 e. The summed E-state index contributed by atoms with van der Waals surface area (Å²) in [5.74, 6) is -0.298. The number of nitrogens with one attached hydrogen (secondary N) is 1. The van der Waals surface area contributed by atoms with Crippen molar-refractivity contribution in [1.29, 1.82) is 0 Å². The molecule has 1 saturated carbocycles. The predicted molar refractivity (Wildman–Crippen MR) is 54.4 cm³/mol. The van der Waals surface area contributed by atoms with E-state index >= 15 is 0 Å². The van der Waals surface area contributed by atoms with Gasteiger partial charge in [-0.2, -0.15) is 0 Å². The molecule has 0 atom stereocenters. The number of carbonyl (C=O) groups is 1. The van der Waals surface area contributed by atoms with Crippen LogP contribution in [0, 0.1) is 0 Å². The normalized spacial score (nSPS) is 14.7. The number of aromatic nitrogens is 1. The molecule has 0 aromatic carbocycles. The molecule has 80 valence electrons. The highest BCUT2D eigenvalue weighted by Crippen LogP contribution is 2.31. The number of hydrogen-bond donors (Lipinski definition) is 2. The highest BCUT2D eigenvalue weighted by Gasteiger charge is 2.27. The van der Waals surface area contributed by atoms with Gasteiger partial charge in [-0.05, 0) is 18.9 Å². The number of carboxylic acid groups (broad SMARTS) is 1. The Labute approximate surface area is 87.1 Å². The Kier molecular flexibility index (Phi) is 2.45. The van der Waals surface area contributed by atoms with Crippen molar-refractivity contribution < 1.29 is 14.6 Å². The summed E-state index contributed by atoms with van der Waals surface area (Å²) in [5.41, 5.74) is 0.104. The minimum Gasteiger partial charge on any atom is -0.489 e. The van der Waals surface area contributed by atoms with Crippen molar-refractivity contribution in [3.8, 4) is 5.75 Å². The van der Waals surface area contributed by atoms with Gasteiger partial charge < -0.3 is 15.2 Å². The van der Waals surface area contributed by atoms with E-state index < -0.39 is 5.97 Å². The Bertz CT molecular complexity index is 388. The fourth-order valence-electron chi connectivity index (χ4n) is 1.30. The highest BCUT2D eigenvalue weighted by molar-refractivity contribution is 5.96. The molecule has 0 unspecified atom stereocenters. The van der Waals surface area contributed by atoms with Gasteiger partial charge in [0, 0.05) is 13.2 Å². The molecule has 1 aliphatic carbocycles. The van der Waals surface area contributed by atoms with Gasteiger partial charge in [-0.15, -0.1) is 0 Å². The number of ether oxygens (including phenoxy) is 1. The Morgan fingerprint density at radius 2 is 2.40 bits per heavy atom. The molecule has 15 heavy (non-hydrogen) atoms. The molecule has 2 N–H and O–H groups in total. The number of aromatic carboxylic acids is 1. The zero-order valence-electron chi connectivity index (χ0n) is 8.36. The number of anilines is 1. The summed E-state index contributed by atoms with van der Waals surface area (Å²) in [6.45, 7) is 0. The molecular weight excluding hydrogens is 196 g/mol. The average Bonchev–Trinajstić information content (AvgIpc) is 3.01. The van der Waals surface area contributed by atoms with Gasteiger partial charge in [0.05, 0.1) is 6.10 Å². The molecule has 5 heteroatoms. The number of carboxylic acids is 1. The van der Waals surface area contributed by atoms with Crippen LogP contribution in [-0.4, -0.2) is 29.2 Å². The Hall–Kier alpha value is -1.78. The van der Waals surface area contributed by atoms with Crippen LogP contribution in [0.25, 0.3) is 0 Å². The summed E-state index contributed by atoms with van der Waals surface area (Å²) in [7, 11) is 1.63. The van der Waals surface area contributed by atoms with E-state index in [9.17, 15) is 4.79 Å². The molecule has 1 aromatic heterocycles. The lowest BCUT2D eigenvalue weighted by atomic mass is 10.2. The van der Waals surface area contributed by atoms with Crippen LogP contribution < -0.4 is 10.1 Å². The van der Waals surface area contributed by atoms with Crippen LogP contribution >= 0.6 is 0 Å². The van der Waals surface area contributed by atoms with Gasteiger partial charge in [0.25, 0.3) is 0 Å². The predicted octanol–water partition coefficient (Wildman–Crippen LogP) is 1.36. The molecule has 0 aliphatic heterocycles. The molecule has 5 nitrogen and oxygen atoms in total. The Morgan fingerprint density at radius 1 is 1.67 bits per heavy atom. The number of pyridine rings is 1. The van der Waals surface area contributed by atoms with Crippen molar-refractivity contribution in [3.05, 3.63) is 17.8 Å². The molecular formula is C10H12N2O3. The van der Waals surface area contributed by atoms with Gasteiger partial charge in [-0.1, -0.05) is 0 Å². The monoisotopic (exact) mass is 208 g/mol. The van der Waals surface area contributed by atoms with Crippen molar-refractivity contribution in [1.82, 2.24) is 4.98 Å². The number of rotatable bonds is 4. The van der Waals surface area contributed by atoms with Crippen molar-refractivity contribution in [2.45, 2.75) is 18.9 Å². The molecule has 0 spiro atoms. The van der Waals surface area contributed by atoms with Crippen LogP contribution in [0.4, 0.5) is 5.82 Å². The maximum absolute atomic E-state index is 11.0. The summed E-state index contributed by atoms with van der Waals surface area (Å²) in [4.78, 5) is 15.0. The third kappa shape index (κ3) is 2.01. The van der Waals surface area contributed by atoms with Crippen molar-refractivity contribution in [3.63, 3.8) is 0 Å². The highest BCUT2D eigenvalue weighted by atomic mass is 16.5. The van der Waals surface area contributed by atoms with E-state index in [1.54, 1.807) is 13.1 Å². The van der Waals surface area contributed by atoms with E-state index in [2.05, 4.69) is 10.3 Å². The molecule has 1 heterocycles. The third-order valence-corrected chi connectivity index (χ3v) is 2.18. The van der Waals surface area contributed by atoms with Gasteiger partial charge in [0.2, 0.25) is 0 Å². The Morgan fingerprint density at radius 3 is 2.93 bits per heavy atom. The molecule has 0 bridgehead atoms. The van der Waals surface area contributed by atoms with Crippen LogP contribution in [0.2, 0.25) is 0 Å². The quantitative estimate of drug-likeness (QED) is 0.781. The first-order valence-electron chi connectivity index (χ1n) is 4.79. The largest absolute Gasteiger partial charge is 0.489 e. The van der Waals surface area contributed by atoms with E-state index in [-0.39, 0.29) is 11.7 Å². The maximum atomic E-state index is 11.0. The second-order valence-corrected chi connectivity index (χ2v) is 3.41. The third-order valence-electron chi connectivity index (χ3n) is 2.18. The molecule has 0 radical (unpaired) electrons. The van der Waals surface area contributed by atoms with Crippen LogP contribution in [0.3, 0.4) is 0 Å². The van der Waals surface area contributed by atoms with Gasteiger partial charge in [-0.25, -0.2) is 9.78 Å². The fourth-order valence-corrected chi connectivity index (χ4v) is 1.30. The van der Waals surface area contributed by atoms with Gasteiger partial charge in [-0.3, -0.25) is 0 Å². The summed E-state index contributed by atoms with van der Waals surface area (Å²) < 4.78 is 5.50. The second kappa shape index (κ2) is 3.76. The first-order valence-corrected chi connectivity index (χ1v) is 4.79. The summed E-state index contributed by atoms with van der Waals surface area (Å²) in [6, 6.07) is 1.59. The summed E-state index contributed by atoms with van der Waals surface area (Å²) in [5, 5.41) is 11.8. The van der Waals surface area contributed by atoms with Crippen molar-refractivity contribution in [2.75, 3.05) is 12.4 Å². The van der Waals surface area contributed by atoms with E-state index in [0.717, 1.165) is 12.8 Å². The zero-order chi connectivity index (χ0) is 10.8. The standard InChI is InChI=1S/C10H12N2O3/c1-11-9-8(10(13)14)7(4-5-12-9)15-6-2-3-6/h4-6H,2-3H2,1H3,(H,11,12)(H,13,14). The molecule has 0 saturated heterocycles. The maximum Gasteiger partial charge on any atom is 0.343 e. The fraction of sp³-hybridized carbons (Fsp3) is 0.400. The SMILES string of the molecule is CNc1nccc(OC2CC2)c1C(=O)O. The topological polar surface area (TPSA) is 71.5 Å². The van der Waals surface area contributed by atoms with E-state index in [4.69, 9.17) is 9.84 Å². The minimum atomic E-state index is -1.02. The molecule has 1 aromatic rings. The van der Waals surface area contributed by atoms with Crippen molar-refractivity contribution in [2.24, 2.45) is 0 Å². The Balaban J connectivity index is 2.37. The minimum absolute atomic E-state index is 0.104. The molecule has 1 fully saturated rings. The summed E-state index contributed by atoms with van der Waals surface area (Å²) in [6.07, 6.45) is 3.71. The van der Waals surface area contributed by atoms with Gasteiger partial charge >= 0.3 is 5.97 Å². The van der Waals surface area contributed by atoms with E-state index in [1.807, 2.05) is 0 Å².